The van der Waals surface area contributed by atoms with Gasteiger partial charge in [-0.2, -0.15) is 4.31 Å². The molecule has 0 bridgehead atoms. The Morgan fingerprint density at radius 3 is 2.33 bits per heavy atom. The molecule has 1 amide bonds. The van der Waals surface area contributed by atoms with Crippen LogP contribution in [0.4, 0.5) is 0 Å². The summed E-state index contributed by atoms with van der Waals surface area (Å²) in [7, 11) is -3.60. The highest BCUT2D eigenvalue weighted by Crippen LogP contribution is 2.23. The Balaban J connectivity index is 2.07. The average molecular weight is 494 g/mol. The van der Waals surface area contributed by atoms with Crippen LogP contribution in [0.15, 0.2) is 46.9 Å². The number of halogens is 3. The van der Waals surface area contributed by atoms with Crippen molar-refractivity contribution in [3.63, 3.8) is 0 Å². The number of rotatable bonds is 7. The van der Waals surface area contributed by atoms with Gasteiger partial charge in [-0.3, -0.25) is 4.79 Å². The van der Waals surface area contributed by atoms with Gasteiger partial charge in [-0.15, -0.1) is 0 Å². The van der Waals surface area contributed by atoms with Crippen LogP contribution in [-0.2, 0) is 21.4 Å². The second kappa shape index (κ2) is 9.39. The quantitative estimate of drug-likeness (QED) is 0.621. The highest BCUT2D eigenvalue weighted by atomic mass is 79.9. The molecule has 2 aromatic carbocycles. The van der Waals surface area contributed by atoms with Crippen LogP contribution < -0.4 is 5.32 Å². The Hall–Kier alpha value is -1.12. The van der Waals surface area contributed by atoms with Crippen molar-refractivity contribution in [1.82, 2.24) is 9.62 Å². The molecule has 0 spiro atoms. The predicted octanol–water partition coefficient (Wildman–Crippen LogP) is 4.39. The van der Waals surface area contributed by atoms with Gasteiger partial charge in [0.15, 0.2) is 0 Å². The Labute approximate surface area is 177 Å². The molecule has 0 saturated heterocycles. The topological polar surface area (TPSA) is 66.5 Å². The molecule has 0 saturated carbocycles. The van der Waals surface area contributed by atoms with E-state index >= 15 is 0 Å². The molecule has 2 rings (SSSR count). The van der Waals surface area contributed by atoms with E-state index in [2.05, 4.69) is 21.2 Å². The van der Waals surface area contributed by atoms with Crippen LogP contribution in [0.5, 0.6) is 0 Å². The van der Waals surface area contributed by atoms with Gasteiger partial charge >= 0.3 is 0 Å². The van der Waals surface area contributed by atoms with Gasteiger partial charge in [0.25, 0.3) is 0 Å². The van der Waals surface area contributed by atoms with E-state index in [0.29, 0.717) is 15.6 Å². The van der Waals surface area contributed by atoms with Crippen molar-refractivity contribution >= 4 is 55.1 Å². The minimum absolute atomic E-state index is 0.0236. The molecule has 2 aromatic rings. The minimum Gasteiger partial charge on any atom is -0.348 e. The van der Waals surface area contributed by atoms with Gasteiger partial charge in [-0.25, -0.2) is 8.42 Å². The van der Waals surface area contributed by atoms with Crippen molar-refractivity contribution in [3.8, 4) is 0 Å². The molecular formula is C18H19BrCl2N2O3S. The van der Waals surface area contributed by atoms with Crippen molar-refractivity contribution in [3.05, 3.63) is 68.1 Å². The van der Waals surface area contributed by atoms with Gasteiger partial charge < -0.3 is 5.32 Å². The van der Waals surface area contributed by atoms with E-state index in [0.717, 1.165) is 20.6 Å². The summed E-state index contributed by atoms with van der Waals surface area (Å²) in [6, 6.07) is 12.1. The number of nitrogens with zero attached hydrogens (tertiary/aromatic N) is 1. The first-order chi connectivity index (χ1) is 12.6. The number of carbonyl (C=O) groups is 1. The van der Waals surface area contributed by atoms with Crippen molar-refractivity contribution in [2.24, 2.45) is 0 Å². The van der Waals surface area contributed by atoms with Crippen LogP contribution in [0.2, 0.25) is 10.0 Å². The molecule has 9 heteroatoms. The van der Waals surface area contributed by atoms with Crippen molar-refractivity contribution in [2.75, 3.05) is 12.8 Å². The number of benzene rings is 2. The zero-order valence-corrected chi connectivity index (χ0v) is 18.7. The van der Waals surface area contributed by atoms with Gasteiger partial charge in [0.05, 0.1) is 28.9 Å². The van der Waals surface area contributed by atoms with Gasteiger partial charge in [0, 0.05) is 11.0 Å². The van der Waals surface area contributed by atoms with Gasteiger partial charge in [-0.1, -0.05) is 57.3 Å². The zero-order valence-electron chi connectivity index (χ0n) is 14.7. The molecule has 0 aliphatic rings. The van der Waals surface area contributed by atoms with Crippen LogP contribution in [0.1, 0.15) is 24.1 Å². The van der Waals surface area contributed by atoms with Crippen molar-refractivity contribution < 1.29 is 13.2 Å². The fraction of sp³-hybridized carbons (Fsp3) is 0.278. The Morgan fingerprint density at radius 2 is 1.78 bits per heavy atom. The molecule has 1 N–H and O–H groups in total. The molecule has 27 heavy (non-hydrogen) atoms. The fourth-order valence-electron chi connectivity index (χ4n) is 2.41. The average Bonchev–Trinajstić information content (AvgIpc) is 2.57. The fourth-order valence-corrected chi connectivity index (χ4v) is 3.73. The number of carbonyl (C=O) groups excluding carboxylic acids is 1. The summed E-state index contributed by atoms with van der Waals surface area (Å²) in [5.74, 6) is -0.393. The second-order valence-corrected chi connectivity index (χ2v) is 9.83. The molecule has 0 radical (unpaired) electrons. The smallest absolute Gasteiger partial charge is 0.235 e. The molecule has 0 fully saturated rings. The molecule has 0 aliphatic heterocycles. The summed E-state index contributed by atoms with van der Waals surface area (Å²) in [5.41, 5.74) is 1.56. The van der Waals surface area contributed by atoms with E-state index in [9.17, 15) is 13.2 Å². The monoisotopic (exact) mass is 492 g/mol. The lowest BCUT2D eigenvalue weighted by molar-refractivity contribution is -0.122. The van der Waals surface area contributed by atoms with E-state index in [1.54, 1.807) is 18.2 Å². The van der Waals surface area contributed by atoms with E-state index in [4.69, 9.17) is 23.2 Å². The molecule has 0 aromatic heterocycles. The normalized spacial score (nSPS) is 12.8. The standard InChI is InChI=1S/C18H19BrCl2N2O3S/c1-12(14-4-6-15(19)7-5-14)22-18(24)11-23(27(2,25)26)10-13-3-8-16(20)17(21)9-13/h3-9,12H,10-11H2,1-2H3,(H,22,24). The Kier molecular flexibility index (Phi) is 7.71. The number of nitrogens with one attached hydrogen (secondary N) is 1. The summed E-state index contributed by atoms with van der Waals surface area (Å²) in [5, 5.41) is 3.53. The predicted molar refractivity (Wildman–Crippen MR) is 112 cm³/mol. The third kappa shape index (κ3) is 6.76. The SMILES string of the molecule is CC(NC(=O)CN(Cc1ccc(Cl)c(Cl)c1)S(C)(=O)=O)c1ccc(Br)cc1. The van der Waals surface area contributed by atoms with Crippen LogP contribution in [0.3, 0.4) is 0 Å². The molecule has 1 atom stereocenters. The van der Waals surface area contributed by atoms with E-state index < -0.39 is 15.9 Å². The zero-order chi connectivity index (χ0) is 20.2. The molecule has 0 heterocycles. The van der Waals surface area contributed by atoms with E-state index in [1.807, 2.05) is 31.2 Å². The van der Waals surface area contributed by atoms with Crippen molar-refractivity contribution in [2.45, 2.75) is 19.5 Å². The van der Waals surface area contributed by atoms with Crippen LogP contribution in [0.25, 0.3) is 0 Å². The molecule has 146 valence electrons. The van der Waals surface area contributed by atoms with Crippen LogP contribution >= 0.6 is 39.1 Å². The highest BCUT2D eigenvalue weighted by Gasteiger charge is 2.22. The largest absolute Gasteiger partial charge is 0.348 e. The third-order valence-electron chi connectivity index (χ3n) is 3.88. The van der Waals surface area contributed by atoms with E-state index in [-0.39, 0.29) is 19.1 Å². The maximum Gasteiger partial charge on any atom is 0.235 e. The maximum atomic E-state index is 12.4. The lowest BCUT2D eigenvalue weighted by atomic mass is 10.1. The second-order valence-electron chi connectivity index (χ2n) is 6.12. The maximum absolute atomic E-state index is 12.4. The lowest BCUT2D eigenvalue weighted by Crippen LogP contribution is -2.40. The first kappa shape index (κ1) is 22.2. The van der Waals surface area contributed by atoms with Gasteiger partial charge in [0.1, 0.15) is 0 Å². The summed E-state index contributed by atoms with van der Waals surface area (Å²) in [4.78, 5) is 12.4. The van der Waals surface area contributed by atoms with Crippen LogP contribution in [-0.4, -0.2) is 31.4 Å². The molecule has 1 unspecified atom stereocenters. The van der Waals surface area contributed by atoms with Gasteiger partial charge in [0.2, 0.25) is 15.9 Å². The first-order valence-corrected chi connectivity index (χ1v) is 11.4. The third-order valence-corrected chi connectivity index (χ3v) is 6.34. The Morgan fingerprint density at radius 1 is 1.15 bits per heavy atom. The lowest BCUT2D eigenvalue weighted by Gasteiger charge is -2.21. The molecular weight excluding hydrogens is 475 g/mol. The highest BCUT2D eigenvalue weighted by molar-refractivity contribution is 9.10. The molecule has 5 nitrogen and oxygen atoms in total. The number of sulfonamides is 1. The summed E-state index contributed by atoms with van der Waals surface area (Å²) < 4.78 is 26.2. The number of hydrogen-bond donors (Lipinski definition) is 1. The first-order valence-electron chi connectivity index (χ1n) is 8.00. The summed E-state index contributed by atoms with van der Waals surface area (Å²) >= 11 is 15.2. The van der Waals surface area contributed by atoms with E-state index in [1.165, 1.54) is 0 Å². The minimum atomic E-state index is -3.60. The van der Waals surface area contributed by atoms with Crippen LogP contribution in [0, 0.1) is 0 Å². The summed E-state index contributed by atoms with van der Waals surface area (Å²) in [6.07, 6.45) is 1.07. The summed E-state index contributed by atoms with van der Waals surface area (Å²) in [6.45, 7) is 1.57. The molecule has 0 aliphatic carbocycles. The van der Waals surface area contributed by atoms with Gasteiger partial charge in [-0.05, 0) is 42.3 Å². The number of amides is 1. The number of hydrogen-bond acceptors (Lipinski definition) is 3. The Bertz CT molecular complexity index is 921. The van der Waals surface area contributed by atoms with Crippen molar-refractivity contribution in [1.29, 1.82) is 0 Å².